The zero-order valence-corrected chi connectivity index (χ0v) is 22.3. The SMILES string of the molecule is CC1=CC([Si]2(C)CCC2)=CC1.CC1=[C-]C(C)(C)C(C)=C1C.[Cl-].[Cl-].[Hf]. The van der Waals surface area contributed by atoms with E-state index in [1.807, 2.05) is 0 Å². The standard InChI is InChI=1S/C10H16Si.C10H15.2ClH.Hf/c1-9-4-5-10(8-9)11(2)6-3-7-11;1-7-6-10(4,5)9(3)8(7)2;;;/h5,8H,3-4,6-7H2,1-2H3;1-5H3;2*1H;/q;-1;;;/p-2. The molecule has 0 aromatic heterocycles. The first-order chi connectivity index (χ1) is 9.66. The molecule has 0 aromatic carbocycles. The summed E-state index contributed by atoms with van der Waals surface area (Å²) in [6.07, 6.45) is 11.1. The van der Waals surface area contributed by atoms with Crippen LogP contribution >= 0.6 is 0 Å². The van der Waals surface area contributed by atoms with Gasteiger partial charge in [-0.05, 0) is 13.3 Å². The maximum absolute atomic E-state index is 3.44. The van der Waals surface area contributed by atoms with Gasteiger partial charge in [0.15, 0.2) is 0 Å². The second-order valence-corrected chi connectivity index (χ2v) is 12.6. The largest absolute Gasteiger partial charge is 1.00 e. The summed E-state index contributed by atoms with van der Waals surface area (Å²) < 4.78 is 0. The van der Waals surface area contributed by atoms with Gasteiger partial charge in [-0.25, -0.2) is 5.57 Å². The summed E-state index contributed by atoms with van der Waals surface area (Å²) in [6.45, 7) is 15.7. The molecule has 1 saturated heterocycles. The molecule has 2 aliphatic carbocycles. The Bertz CT molecular complexity index is 564. The third kappa shape index (κ3) is 5.82. The molecule has 0 aromatic rings. The summed E-state index contributed by atoms with van der Waals surface area (Å²) in [7, 11) is -0.821. The summed E-state index contributed by atoms with van der Waals surface area (Å²) in [4.78, 5) is 0. The minimum absolute atomic E-state index is 0. The number of halogens is 2. The average Bonchev–Trinajstić information content (AvgIpc) is 2.87. The first kappa shape index (κ1) is 26.9. The molecule has 24 heavy (non-hydrogen) atoms. The van der Waals surface area contributed by atoms with Crippen molar-refractivity contribution in [1.82, 2.24) is 0 Å². The summed E-state index contributed by atoms with van der Waals surface area (Å²) in [5.41, 5.74) is 5.96. The summed E-state index contributed by atoms with van der Waals surface area (Å²) >= 11 is 0. The molecule has 136 valence electrons. The minimum atomic E-state index is -0.821. The van der Waals surface area contributed by atoms with E-state index in [2.05, 4.69) is 66.3 Å². The van der Waals surface area contributed by atoms with Gasteiger partial charge in [-0.15, -0.1) is 6.92 Å². The molecule has 3 rings (SSSR count). The van der Waals surface area contributed by atoms with E-state index in [1.54, 1.807) is 22.9 Å². The first-order valence-corrected chi connectivity index (χ1v) is 11.2. The second kappa shape index (κ2) is 10.1. The average molecular weight is 549 g/mol. The molecule has 0 spiro atoms. The zero-order chi connectivity index (χ0) is 15.8. The van der Waals surface area contributed by atoms with Crippen LogP contribution in [0.15, 0.2) is 39.6 Å². The fraction of sp³-hybridized carbons (Fsp3) is 0.600. The smallest absolute Gasteiger partial charge is 0.0832 e. The molecule has 0 bridgehead atoms. The molecule has 0 nitrogen and oxygen atoms in total. The van der Waals surface area contributed by atoms with Crippen LogP contribution in [0.3, 0.4) is 0 Å². The number of hydrogen-bond acceptors (Lipinski definition) is 0. The molecule has 0 radical (unpaired) electrons. The van der Waals surface area contributed by atoms with Gasteiger partial charge in [-0.3, -0.25) is 6.08 Å². The van der Waals surface area contributed by atoms with E-state index in [1.165, 1.54) is 29.6 Å². The molecule has 1 heterocycles. The fourth-order valence-corrected chi connectivity index (χ4v) is 6.66. The Kier molecular flexibility index (Phi) is 11.3. The Balaban J connectivity index is 0. The van der Waals surface area contributed by atoms with Crippen LogP contribution in [0.25, 0.3) is 0 Å². The van der Waals surface area contributed by atoms with Crippen molar-refractivity contribution in [2.75, 3.05) is 0 Å². The van der Waals surface area contributed by atoms with E-state index in [0.717, 1.165) is 0 Å². The topological polar surface area (TPSA) is 0 Å². The van der Waals surface area contributed by atoms with Crippen molar-refractivity contribution in [1.29, 1.82) is 0 Å². The second-order valence-electron chi connectivity index (χ2n) is 7.89. The molecule has 0 N–H and O–H groups in total. The summed E-state index contributed by atoms with van der Waals surface area (Å²) in [5.74, 6) is 0. The molecule has 0 atom stereocenters. The van der Waals surface area contributed by atoms with Crippen molar-refractivity contribution in [3.8, 4) is 0 Å². The van der Waals surface area contributed by atoms with Crippen LogP contribution in [0, 0.1) is 11.5 Å². The van der Waals surface area contributed by atoms with Crippen LogP contribution in [0.1, 0.15) is 54.4 Å². The monoisotopic (exact) mass is 549 g/mol. The Morgan fingerprint density at radius 3 is 1.79 bits per heavy atom. The number of allylic oxidation sites excluding steroid dienone is 8. The van der Waals surface area contributed by atoms with Gasteiger partial charge in [0.25, 0.3) is 0 Å². The van der Waals surface area contributed by atoms with Crippen molar-refractivity contribution in [3.63, 3.8) is 0 Å². The molecule has 3 aliphatic rings. The Labute approximate surface area is 181 Å². The predicted octanol–water partition coefficient (Wildman–Crippen LogP) is 0.402. The van der Waals surface area contributed by atoms with Crippen molar-refractivity contribution in [2.45, 2.75) is 73.0 Å². The molecule has 1 fully saturated rings. The quantitative estimate of drug-likeness (QED) is 0.329. The van der Waals surface area contributed by atoms with Crippen LogP contribution in [-0.2, 0) is 25.8 Å². The van der Waals surface area contributed by atoms with Gasteiger partial charge in [0, 0.05) is 25.8 Å². The normalized spacial score (nSPS) is 22.4. The van der Waals surface area contributed by atoms with E-state index in [9.17, 15) is 0 Å². The van der Waals surface area contributed by atoms with Crippen molar-refractivity contribution in [2.24, 2.45) is 5.41 Å². The summed E-state index contributed by atoms with van der Waals surface area (Å²) in [6, 6.07) is 3.09. The van der Waals surface area contributed by atoms with Crippen molar-refractivity contribution in [3.05, 3.63) is 45.7 Å². The molecule has 1 aliphatic heterocycles. The summed E-state index contributed by atoms with van der Waals surface area (Å²) in [5, 5.41) is 1.75. The predicted molar refractivity (Wildman–Crippen MR) is 96.9 cm³/mol. The Hall–Kier alpha value is 0.627. The van der Waals surface area contributed by atoms with E-state index in [-0.39, 0.29) is 56.1 Å². The van der Waals surface area contributed by atoms with E-state index in [4.69, 9.17) is 0 Å². The van der Waals surface area contributed by atoms with Gasteiger partial charge in [-0.1, -0.05) is 81.1 Å². The van der Waals surface area contributed by atoms with Crippen LogP contribution in [-0.4, -0.2) is 8.07 Å². The van der Waals surface area contributed by atoms with E-state index in [0.29, 0.717) is 0 Å². The van der Waals surface area contributed by atoms with Gasteiger partial charge in [-0.2, -0.15) is 11.1 Å². The third-order valence-electron chi connectivity index (χ3n) is 5.76. The van der Waals surface area contributed by atoms with Gasteiger partial charge >= 0.3 is 0 Å². The van der Waals surface area contributed by atoms with Gasteiger partial charge in [0.2, 0.25) is 0 Å². The molecule has 4 heteroatoms. The van der Waals surface area contributed by atoms with Crippen molar-refractivity contribution >= 4 is 8.07 Å². The Morgan fingerprint density at radius 2 is 1.58 bits per heavy atom. The van der Waals surface area contributed by atoms with E-state index < -0.39 is 8.07 Å². The van der Waals surface area contributed by atoms with Gasteiger partial charge in [0.05, 0.1) is 8.07 Å². The molecule has 0 amide bonds. The van der Waals surface area contributed by atoms with Crippen LogP contribution in [0.5, 0.6) is 0 Å². The number of hydrogen-bond donors (Lipinski definition) is 0. The number of rotatable bonds is 1. The molecule has 0 saturated carbocycles. The fourth-order valence-electron chi connectivity index (χ4n) is 3.48. The molecular formula is C20H31Cl2HfSi-3. The zero-order valence-electron chi connectivity index (χ0n) is 16.2. The maximum Gasteiger partial charge on any atom is 0.0832 e. The van der Waals surface area contributed by atoms with Crippen molar-refractivity contribution < 1.29 is 50.7 Å². The van der Waals surface area contributed by atoms with Crippen LogP contribution in [0.4, 0.5) is 0 Å². The Morgan fingerprint density at radius 1 is 1.04 bits per heavy atom. The van der Waals surface area contributed by atoms with Crippen LogP contribution < -0.4 is 24.8 Å². The van der Waals surface area contributed by atoms with E-state index >= 15 is 0 Å². The first-order valence-electron chi connectivity index (χ1n) is 8.33. The minimum Gasteiger partial charge on any atom is -1.00 e. The van der Waals surface area contributed by atoms with Gasteiger partial charge < -0.3 is 24.8 Å². The van der Waals surface area contributed by atoms with Gasteiger partial charge in [0.1, 0.15) is 0 Å². The molecular weight excluding hydrogens is 518 g/mol. The van der Waals surface area contributed by atoms with Crippen LogP contribution in [0.2, 0.25) is 18.6 Å². The maximum atomic E-state index is 3.44. The molecule has 0 unspecified atom stereocenters. The third-order valence-corrected chi connectivity index (χ3v) is 10.4.